The fraction of sp³-hybridized carbons (Fsp3) is 0.227. The van der Waals surface area contributed by atoms with E-state index in [2.05, 4.69) is 27.5 Å². The number of carbonyl (C=O) groups excluding carboxylic acids is 1. The van der Waals surface area contributed by atoms with Crippen LogP contribution in [-0.4, -0.2) is 49.3 Å². The standard InChI is InChI=1S/C22H21F2N5O/c1-28-10-12-29(13-11-28)21-9-8-20(26-27-21)15-2-5-17(6-3-15)25-22(30)16-4-7-18(23)19(24)14-16/h2-9,14H,10-13H2,1H3,(H,25,30)/p+1. The lowest BCUT2D eigenvalue weighted by Crippen LogP contribution is -3.12. The van der Waals surface area contributed by atoms with Crippen molar-refractivity contribution in [2.24, 2.45) is 0 Å². The predicted octanol–water partition coefficient (Wildman–Crippen LogP) is 2.01. The first kappa shape index (κ1) is 19.9. The third-order valence-corrected chi connectivity index (χ3v) is 5.21. The second-order valence-electron chi connectivity index (χ2n) is 7.38. The minimum atomic E-state index is -1.06. The van der Waals surface area contributed by atoms with E-state index in [1.165, 1.54) is 11.0 Å². The minimum Gasteiger partial charge on any atom is -0.344 e. The molecular weight excluding hydrogens is 388 g/mol. The Balaban J connectivity index is 1.41. The molecule has 154 valence electrons. The van der Waals surface area contributed by atoms with Crippen LogP contribution in [0.4, 0.5) is 20.3 Å². The first-order valence-corrected chi connectivity index (χ1v) is 9.76. The zero-order valence-corrected chi connectivity index (χ0v) is 16.5. The summed E-state index contributed by atoms with van der Waals surface area (Å²) < 4.78 is 26.3. The Bertz CT molecular complexity index is 1030. The SMILES string of the molecule is C[NH+]1CCN(c2ccc(-c3ccc(NC(=O)c4ccc(F)c(F)c4)cc3)nn2)CC1. The molecule has 0 saturated carbocycles. The van der Waals surface area contributed by atoms with E-state index in [-0.39, 0.29) is 5.56 Å². The molecule has 1 aliphatic rings. The number of hydrogen-bond donors (Lipinski definition) is 2. The average Bonchev–Trinajstić information content (AvgIpc) is 2.77. The van der Waals surface area contributed by atoms with E-state index in [4.69, 9.17) is 0 Å². The van der Waals surface area contributed by atoms with Gasteiger partial charge < -0.3 is 15.1 Å². The molecule has 4 rings (SSSR count). The first-order chi connectivity index (χ1) is 14.5. The Hall–Kier alpha value is -3.39. The summed E-state index contributed by atoms with van der Waals surface area (Å²) in [7, 11) is 2.19. The van der Waals surface area contributed by atoms with Crippen LogP contribution in [0.5, 0.6) is 0 Å². The van der Waals surface area contributed by atoms with Crippen molar-refractivity contribution < 1.29 is 18.5 Å². The zero-order valence-electron chi connectivity index (χ0n) is 16.5. The number of hydrogen-bond acceptors (Lipinski definition) is 4. The molecule has 2 heterocycles. The number of amides is 1. The van der Waals surface area contributed by atoms with Gasteiger partial charge in [0.25, 0.3) is 5.91 Å². The van der Waals surface area contributed by atoms with Gasteiger partial charge in [-0.2, -0.15) is 0 Å². The average molecular weight is 410 g/mol. The summed E-state index contributed by atoms with van der Waals surface area (Å²) in [5.74, 6) is -1.68. The van der Waals surface area contributed by atoms with Crippen molar-refractivity contribution in [2.75, 3.05) is 43.4 Å². The Labute approximate surface area is 173 Å². The largest absolute Gasteiger partial charge is 0.344 e. The van der Waals surface area contributed by atoms with Crippen LogP contribution in [0, 0.1) is 11.6 Å². The van der Waals surface area contributed by atoms with Crippen molar-refractivity contribution in [1.82, 2.24) is 10.2 Å². The normalized spacial score (nSPS) is 14.6. The molecule has 8 heteroatoms. The van der Waals surface area contributed by atoms with E-state index < -0.39 is 17.5 Å². The Morgan fingerprint density at radius 2 is 1.70 bits per heavy atom. The molecule has 1 amide bonds. The number of nitrogens with one attached hydrogen (secondary N) is 2. The first-order valence-electron chi connectivity index (χ1n) is 9.76. The number of benzene rings is 2. The number of anilines is 2. The Morgan fingerprint density at radius 3 is 2.33 bits per heavy atom. The molecule has 3 aromatic rings. The van der Waals surface area contributed by atoms with Crippen molar-refractivity contribution in [3.8, 4) is 11.3 Å². The maximum Gasteiger partial charge on any atom is 0.255 e. The van der Waals surface area contributed by atoms with Gasteiger partial charge in [0.05, 0.1) is 38.9 Å². The summed E-state index contributed by atoms with van der Waals surface area (Å²) in [5.41, 5.74) is 2.18. The molecule has 6 nitrogen and oxygen atoms in total. The minimum absolute atomic E-state index is 0.0462. The molecule has 1 saturated heterocycles. The van der Waals surface area contributed by atoms with Crippen LogP contribution in [-0.2, 0) is 0 Å². The highest BCUT2D eigenvalue weighted by atomic mass is 19.2. The molecule has 1 aliphatic heterocycles. The van der Waals surface area contributed by atoms with Gasteiger partial charge in [0.15, 0.2) is 17.5 Å². The van der Waals surface area contributed by atoms with Crippen LogP contribution < -0.4 is 15.1 Å². The van der Waals surface area contributed by atoms with Crippen LogP contribution in [0.3, 0.4) is 0 Å². The molecule has 0 aliphatic carbocycles. The summed E-state index contributed by atoms with van der Waals surface area (Å²) in [6, 6.07) is 14.0. The van der Waals surface area contributed by atoms with Crippen LogP contribution in [0.15, 0.2) is 54.6 Å². The molecule has 30 heavy (non-hydrogen) atoms. The molecule has 2 N–H and O–H groups in total. The third-order valence-electron chi connectivity index (χ3n) is 5.21. The van der Waals surface area contributed by atoms with E-state index in [1.807, 2.05) is 24.3 Å². The number of aromatic nitrogens is 2. The Morgan fingerprint density at radius 1 is 0.967 bits per heavy atom. The van der Waals surface area contributed by atoms with Crippen molar-refractivity contribution in [3.05, 3.63) is 71.8 Å². The smallest absolute Gasteiger partial charge is 0.255 e. The highest BCUT2D eigenvalue weighted by Gasteiger charge is 2.18. The maximum atomic E-state index is 13.3. The number of rotatable bonds is 4. The van der Waals surface area contributed by atoms with E-state index in [0.29, 0.717) is 5.69 Å². The monoisotopic (exact) mass is 410 g/mol. The second kappa shape index (κ2) is 8.54. The van der Waals surface area contributed by atoms with E-state index >= 15 is 0 Å². The van der Waals surface area contributed by atoms with Crippen molar-refractivity contribution in [1.29, 1.82) is 0 Å². The maximum absolute atomic E-state index is 13.3. The summed E-state index contributed by atoms with van der Waals surface area (Å²) in [6.45, 7) is 4.10. The lowest BCUT2D eigenvalue weighted by Gasteiger charge is -2.30. The molecule has 1 fully saturated rings. The predicted molar refractivity (Wildman–Crippen MR) is 111 cm³/mol. The van der Waals surface area contributed by atoms with Crippen molar-refractivity contribution in [3.63, 3.8) is 0 Å². The second-order valence-corrected chi connectivity index (χ2v) is 7.38. The molecule has 0 unspecified atom stereocenters. The molecule has 2 aromatic carbocycles. The number of likely N-dealkylation sites (N-methyl/N-ethyl adjacent to an activating group) is 1. The van der Waals surface area contributed by atoms with Gasteiger partial charge in [-0.05, 0) is 42.5 Å². The summed E-state index contributed by atoms with van der Waals surface area (Å²) in [4.78, 5) is 16.0. The summed E-state index contributed by atoms with van der Waals surface area (Å²) >= 11 is 0. The number of halogens is 2. The van der Waals surface area contributed by atoms with Gasteiger partial charge in [0, 0.05) is 16.8 Å². The molecule has 0 spiro atoms. The fourth-order valence-corrected chi connectivity index (χ4v) is 3.33. The number of quaternary nitrogens is 1. The molecular formula is C22H22F2N5O+. The fourth-order valence-electron chi connectivity index (χ4n) is 3.33. The summed E-state index contributed by atoms with van der Waals surface area (Å²) in [5, 5.41) is 11.4. The van der Waals surface area contributed by atoms with Gasteiger partial charge in [0.1, 0.15) is 0 Å². The third kappa shape index (κ3) is 4.44. The molecule has 0 bridgehead atoms. The lowest BCUT2D eigenvalue weighted by atomic mass is 10.1. The van der Waals surface area contributed by atoms with Gasteiger partial charge >= 0.3 is 0 Å². The van der Waals surface area contributed by atoms with E-state index in [9.17, 15) is 13.6 Å². The van der Waals surface area contributed by atoms with Crippen molar-refractivity contribution >= 4 is 17.4 Å². The van der Waals surface area contributed by atoms with Crippen LogP contribution in [0.25, 0.3) is 11.3 Å². The summed E-state index contributed by atoms with van der Waals surface area (Å²) in [6.07, 6.45) is 0. The van der Waals surface area contributed by atoms with Crippen LogP contribution >= 0.6 is 0 Å². The topological polar surface area (TPSA) is 62.6 Å². The van der Waals surface area contributed by atoms with Crippen molar-refractivity contribution in [2.45, 2.75) is 0 Å². The van der Waals surface area contributed by atoms with E-state index in [1.54, 1.807) is 12.1 Å². The number of carbonyl (C=O) groups is 1. The quantitative estimate of drug-likeness (QED) is 0.691. The van der Waals surface area contributed by atoms with Gasteiger partial charge in [-0.15, -0.1) is 10.2 Å². The van der Waals surface area contributed by atoms with Gasteiger partial charge in [-0.3, -0.25) is 4.79 Å². The molecule has 1 aromatic heterocycles. The number of piperazine rings is 1. The highest BCUT2D eigenvalue weighted by Crippen LogP contribution is 2.21. The molecule has 0 radical (unpaired) electrons. The number of nitrogens with zero attached hydrogens (tertiary/aromatic N) is 3. The van der Waals surface area contributed by atoms with Gasteiger partial charge in [-0.25, -0.2) is 8.78 Å². The zero-order chi connectivity index (χ0) is 21.1. The van der Waals surface area contributed by atoms with E-state index in [0.717, 1.165) is 55.4 Å². The molecule has 0 atom stereocenters. The van der Waals surface area contributed by atoms with Crippen LogP contribution in [0.1, 0.15) is 10.4 Å². The lowest BCUT2D eigenvalue weighted by molar-refractivity contribution is -0.880. The highest BCUT2D eigenvalue weighted by molar-refractivity contribution is 6.04. The van der Waals surface area contributed by atoms with Crippen LogP contribution in [0.2, 0.25) is 0 Å². The van der Waals surface area contributed by atoms with Gasteiger partial charge in [-0.1, -0.05) is 12.1 Å². The van der Waals surface area contributed by atoms with Gasteiger partial charge in [0.2, 0.25) is 0 Å². The Kier molecular flexibility index (Phi) is 5.67.